The lowest BCUT2D eigenvalue weighted by atomic mass is 10.2. The first-order valence-corrected chi connectivity index (χ1v) is 4.30. The number of hydrogen-bond acceptors (Lipinski definition) is 2. The van der Waals surface area contributed by atoms with Gasteiger partial charge >= 0.3 is 0 Å². The third kappa shape index (κ3) is 3.07. The van der Waals surface area contributed by atoms with Gasteiger partial charge in [-0.3, -0.25) is 0 Å². The second-order valence-corrected chi connectivity index (χ2v) is 4.08. The summed E-state index contributed by atoms with van der Waals surface area (Å²) in [5.74, 6) is 0.324. The van der Waals surface area contributed by atoms with E-state index in [4.69, 9.17) is 5.11 Å². The Bertz CT molecular complexity index is 220. The molecule has 0 amide bonds. The van der Waals surface area contributed by atoms with Gasteiger partial charge in [0.05, 0.1) is 0 Å². The molecule has 0 aliphatic heterocycles. The number of hydrogen-bond donors (Lipinski definition) is 1. The SMILES string of the molecule is CN(I)Cc1ccc(O)cc1. The second-order valence-electron chi connectivity index (χ2n) is 2.43. The molecule has 0 aliphatic carbocycles. The van der Waals surface area contributed by atoms with E-state index in [9.17, 15) is 0 Å². The molecule has 1 aromatic rings. The van der Waals surface area contributed by atoms with Crippen LogP contribution in [0.15, 0.2) is 24.3 Å². The molecule has 11 heavy (non-hydrogen) atoms. The Morgan fingerprint density at radius 2 is 1.91 bits per heavy atom. The molecule has 0 saturated heterocycles. The van der Waals surface area contributed by atoms with Crippen LogP contribution in [-0.4, -0.2) is 15.3 Å². The lowest BCUT2D eigenvalue weighted by molar-refractivity contribution is 0.474. The van der Waals surface area contributed by atoms with Crippen LogP contribution in [0.5, 0.6) is 5.75 Å². The molecule has 0 aliphatic rings. The Labute approximate surface area is 80.3 Å². The maximum atomic E-state index is 8.98. The molecule has 3 heteroatoms. The predicted molar refractivity (Wildman–Crippen MR) is 53.6 cm³/mol. The van der Waals surface area contributed by atoms with Gasteiger partial charge in [-0.2, -0.15) is 0 Å². The van der Waals surface area contributed by atoms with Crippen molar-refractivity contribution in [1.29, 1.82) is 0 Å². The highest BCUT2D eigenvalue weighted by Gasteiger charge is 1.94. The first kappa shape index (κ1) is 8.80. The highest BCUT2D eigenvalue weighted by molar-refractivity contribution is 14.1. The normalized spacial score (nSPS) is 10.5. The summed E-state index contributed by atoms with van der Waals surface area (Å²) < 4.78 is 2.06. The fourth-order valence-electron chi connectivity index (χ4n) is 0.853. The molecule has 1 N–H and O–H groups in total. The summed E-state index contributed by atoms with van der Waals surface area (Å²) in [6.07, 6.45) is 0. The largest absolute Gasteiger partial charge is 0.508 e. The number of benzene rings is 1. The van der Waals surface area contributed by atoms with Gasteiger partial charge in [0.1, 0.15) is 5.75 Å². The number of halogens is 1. The van der Waals surface area contributed by atoms with Crippen LogP contribution in [0, 0.1) is 0 Å². The number of aromatic hydroxyl groups is 1. The molecule has 0 spiro atoms. The summed E-state index contributed by atoms with van der Waals surface area (Å²) >= 11 is 2.23. The van der Waals surface area contributed by atoms with E-state index in [2.05, 4.69) is 26.0 Å². The summed E-state index contributed by atoms with van der Waals surface area (Å²) in [5, 5.41) is 8.98. The van der Waals surface area contributed by atoms with Crippen LogP contribution >= 0.6 is 22.9 Å². The van der Waals surface area contributed by atoms with E-state index in [-0.39, 0.29) is 0 Å². The molecular formula is C8H10INO. The summed E-state index contributed by atoms with van der Waals surface area (Å²) in [6.45, 7) is 0.904. The topological polar surface area (TPSA) is 23.5 Å². The zero-order chi connectivity index (χ0) is 8.27. The van der Waals surface area contributed by atoms with E-state index < -0.39 is 0 Å². The molecule has 2 nitrogen and oxygen atoms in total. The van der Waals surface area contributed by atoms with Crippen molar-refractivity contribution in [2.24, 2.45) is 0 Å². The van der Waals surface area contributed by atoms with Crippen molar-refractivity contribution in [3.05, 3.63) is 29.8 Å². The molecule has 0 atom stereocenters. The molecule has 60 valence electrons. The van der Waals surface area contributed by atoms with Crippen molar-refractivity contribution in [2.75, 3.05) is 7.05 Å². The van der Waals surface area contributed by atoms with Crippen LogP contribution < -0.4 is 0 Å². The average molecular weight is 263 g/mol. The van der Waals surface area contributed by atoms with Crippen molar-refractivity contribution in [3.63, 3.8) is 0 Å². The van der Waals surface area contributed by atoms with Crippen molar-refractivity contribution in [3.8, 4) is 5.75 Å². The van der Waals surface area contributed by atoms with Crippen LogP contribution in [0.25, 0.3) is 0 Å². The zero-order valence-electron chi connectivity index (χ0n) is 6.29. The number of phenolic OH excluding ortho intramolecular Hbond substituents is 1. The van der Waals surface area contributed by atoms with Gasteiger partial charge in [0, 0.05) is 29.4 Å². The second kappa shape index (κ2) is 3.92. The van der Waals surface area contributed by atoms with E-state index >= 15 is 0 Å². The Hall–Kier alpha value is -0.290. The van der Waals surface area contributed by atoms with Crippen molar-refractivity contribution in [2.45, 2.75) is 6.54 Å². The van der Waals surface area contributed by atoms with Crippen LogP contribution in [0.4, 0.5) is 0 Å². The monoisotopic (exact) mass is 263 g/mol. The average Bonchev–Trinajstić information content (AvgIpc) is 1.93. The van der Waals surface area contributed by atoms with E-state index in [0.717, 1.165) is 6.54 Å². The Kier molecular flexibility index (Phi) is 3.14. The summed E-state index contributed by atoms with van der Waals surface area (Å²) in [6, 6.07) is 7.25. The smallest absolute Gasteiger partial charge is 0.115 e. The van der Waals surface area contributed by atoms with Crippen molar-refractivity contribution < 1.29 is 5.11 Å². The fraction of sp³-hybridized carbons (Fsp3) is 0.250. The zero-order valence-corrected chi connectivity index (χ0v) is 8.45. The fourth-order valence-corrected chi connectivity index (χ4v) is 1.25. The maximum absolute atomic E-state index is 8.98. The van der Waals surface area contributed by atoms with Gasteiger partial charge in [-0.05, 0) is 24.7 Å². The molecule has 1 aromatic carbocycles. The van der Waals surface area contributed by atoms with Crippen LogP contribution in [0.3, 0.4) is 0 Å². The molecule has 0 bridgehead atoms. The number of phenols is 1. The highest BCUT2D eigenvalue weighted by atomic mass is 127. The van der Waals surface area contributed by atoms with Gasteiger partial charge in [-0.1, -0.05) is 12.1 Å². The van der Waals surface area contributed by atoms with Gasteiger partial charge < -0.3 is 5.11 Å². The van der Waals surface area contributed by atoms with E-state index in [1.54, 1.807) is 12.1 Å². The molecule has 0 saturated carbocycles. The van der Waals surface area contributed by atoms with Crippen LogP contribution in [-0.2, 0) is 6.54 Å². The first-order valence-electron chi connectivity index (χ1n) is 3.33. The number of nitrogens with zero attached hydrogens (tertiary/aromatic N) is 1. The molecule has 0 unspecified atom stereocenters. The lowest BCUT2D eigenvalue weighted by Crippen LogP contribution is -2.02. The van der Waals surface area contributed by atoms with Gasteiger partial charge in [-0.15, -0.1) is 0 Å². The summed E-state index contributed by atoms with van der Waals surface area (Å²) in [5.41, 5.74) is 1.21. The van der Waals surface area contributed by atoms with E-state index in [1.165, 1.54) is 5.56 Å². The maximum Gasteiger partial charge on any atom is 0.115 e. The van der Waals surface area contributed by atoms with Gasteiger partial charge in [0.2, 0.25) is 0 Å². The quantitative estimate of drug-likeness (QED) is 0.653. The Morgan fingerprint density at radius 3 is 2.36 bits per heavy atom. The highest BCUT2D eigenvalue weighted by Crippen LogP contribution is 2.11. The van der Waals surface area contributed by atoms with Gasteiger partial charge in [-0.25, -0.2) is 3.11 Å². The van der Waals surface area contributed by atoms with Gasteiger partial charge in [0.25, 0.3) is 0 Å². The van der Waals surface area contributed by atoms with Gasteiger partial charge in [0.15, 0.2) is 0 Å². The lowest BCUT2D eigenvalue weighted by Gasteiger charge is -2.06. The molecule has 0 fully saturated rings. The van der Waals surface area contributed by atoms with E-state index in [1.807, 2.05) is 19.2 Å². The van der Waals surface area contributed by atoms with Crippen LogP contribution in [0.1, 0.15) is 5.56 Å². The standard InChI is InChI=1S/C8H10INO/c1-10(9)6-7-2-4-8(11)5-3-7/h2-5,11H,6H2,1H3. The summed E-state index contributed by atoms with van der Waals surface area (Å²) in [7, 11) is 2.01. The minimum absolute atomic E-state index is 0.324. The Morgan fingerprint density at radius 1 is 1.36 bits per heavy atom. The number of rotatable bonds is 2. The molecule has 1 rings (SSSR count). The summed E-state index contributed by atoms with van der Waals surface area (Å²) in [4.78, 5) is 0. The van der Waals surface area contributed by atoms with E-state index in [0.29, 0.717) is 5.75 Å². The molecular weight excluding hydrogens is 253 g/mol. The Balaban J connectivity index is 2.66. The first-order chi connectivity index (χ1) is 5.18. The minimum atomic E-state index is 0.324. The molecule has 0 heterocycles. The molecule has 0 radical (unpaired) electrons. The molecule has 0 aromatic heterocycles. The third-order valence-electron chi connectivity index (χ3n) is 1.34. The third-order valence-corrected chi connectivity index (χ3v) is 1.68. The van der Waals surface area contributed by atoms with Crippen molar-refractivity contribution in [1.82, 2.24) is 3.11 Å². The predicted octanol–water partition coefficient (Wildman–Crippen LogP) is 2.17. The van der Waals surface area contributed by atoms with Crippen molar-refractivity contribution >= 4 is 22.9 Å². The van der Waals surface area contributed by atoms with Crippen LogP contribution in [0.2, 0.25) is 0 Å². The minimum Gasteiger partial charge on any atom is -0.508 e.